The van der Waals surface area contributed by atoms with Gasteiger partial charge in [0.15, 0.2) is 0 Å². The second kappa shape index (κ2) is 8.88. The van der Waals surface area contributed by atoms with Crippen molar-refractivity contribution < 1.29 is 9.90 Å². The molecule has 10 heteroatoms. The van der Waals surface area contributed by atoms with E-state index < -0.39 is 11.4 Å². The summed E-state index contributed by atoms with van der Waals surface area (Å²) in [5.74, 6) is -0.414. The van der Waals surface area contributed by atoms with E-state index in [1.165, 1.54) is 4.80 Å². The Hall–Kier alpha value is -3.59. The normalized spacial score (nSPS) is 11.6. The number of nitrogens with zero attached hydrogens (tertiary/aromatic N) is 7. The van der Waals surface area contributed by atoms with Crippen LogP contribution in [0, 0.1) is 5.41 Å². The molecule has 0 radical (unpaired) electrons. The van der Waals surface area contributed by atoms with Gasteiger partial charge in [0.25, 0.3) is 0 Å². The maximum absolute atomic E-state index is 11.3. The number of carbonyl (C=O) groups is 1. The number of hydrogen-bond donors (Lipinski definition) is 1. The number of halogens is 1. The number of hydrogen-bond acceptors (Lipinski definition) is 6. The lowest BCUT2D eigenvalue weighted by Gasteiger charge is -2.17. The van der Waals surface area contributed by atoms with Gasteiger partial charge in [0.2, 0.25) is 5.82 Å². The maximum atomic E-state index is 11.3. The zero-order valence-electron chi connectivity index (χ0n) is 17.7. The Labute approximate surface area is 189 Å². The average molecular weight is 452 g/mol. The summed E-state index contributed by atoms with van der Waals surface area (Å²) in [5.41, 5.74) is 2.30. The molecule has 32 heavy (non-hydrogen) atoms. The largest absolute Gasteiger partial charge is 0.481 e. The molecule has 164 valence electrons. The van der Waals surface area contributed by atoms with E-state index in [1.54, 1.807) is 32.4 Å². The van der Waals surface area contributed by atoms with Crippen LogP contribution < -0.4 is 0 Å². The number of aliphatic carboxylic acids is 1. The molecule has 0 aliphatic carbocycles. The highest BCUT2D eigenvalue weighted by Gasteiger charge is 2.27. The number of tetrazole rings is 1. The van der Waals surface area contributed by atoms with Crippen LogP contribution >= 0.6 is 11.6 Å². The molecule has 9 nitrogen and oxygen atoms in total. The van der Waals surface area contributed by atoms with E-state index in [0.717, 1.165) is 16.8 Å². The molecule has 0 saturated carbocycles. The molecule has 4 aromatic rings. The monoisotopic (exact) mass is 451 g/mol. The number of carboxylic acids is 1. The van der Waals surface area contributed by atoms with Crippen molar-refractivity contribution in [2.45, 2.75) is 33.4 Å². The third-order valence-electron chi connectivity index (χ3n) is 5.19. The first-order chi connectivity index (χ1) is 15.3. The first-order valence-electron chi connectivity index (χ1n) is 10.0. The molecule has 0 unspecified atom stereocenters. The summed E-state index contributed by atoms with van der Waals surface area (Å²) in [6.07, 6.45) is 5.72. The van der Waals surface area contributed by atoms with Crippen LogP contribution in [-0.4, -0.2) is 45.8 Å². The molecule has 0 spiro atoms. The van der Waals surface area contributed by atoms with Gasteiger partial charge < -0.3 is 9.67 Å². The quantitative estimate of drug-likeness (QED) is 0.433. The van der Waals surface area contributed by atoms with Gasteiger partial charge in [-0.15, -0.1) is 10.2 Å². The highest BCUT2D eigenvalue weighted by Crippen LogP contribution is 2.23. The fourth-order valence-corrected chi connectivity index (χ4v) is 3.25. The number of aromatic nitrogens is 7. The van der Waals surface area contributed by atoms with Crippen molar-refractivity contribution in [3.63, 3.8) is 0 Å². The molecule has 0 aliphatic heterocycles. The summed E-state index contributed by atoms with van der Waals surface area (Å²) in [5, 5.41) is 22.5. The summed E-state index contributed by atoms with van der Waals surface area (Å²) < 4.78 is 1.95. The van der Waals surface area contributed by atoms with Crippen LogP contribution in [0.4, 0.5) is 0 Å². The molecular formula is C22H22ClN7O2. The topological polar surface area (TPSA) is 112 Å². The summed E-state index contributed by atoms with van der Waals surface area (Å²) >= 11 is 6.25. The smallest absolute Gasteiger partial charge is 0.309 e. The molecule has 3 aromatic heterocycles. The molecule has 4 rings (SSSR count). The molecule has 1 aromatic carbocycles. The minimum absolute atomic E-state index is 0.358. The third kappa shape index (κ3) is 4.83. The standard InChI is InChI=1S/C22H22ClN7O2/c1-22(2,21(31)32)8-10-30-27-20(26-28-30)15-7-9-24-18(11-15)19-13-29(14-25-19)12-16-5-3-4-6-17(16)23/h3-7,9,11,13-14H,8,10,12H2,1-2H3,(H,31,32). The molecular weight excluding hydrogens is 430 g/mol. The minimum atomic E-state index is -0.861. The van der Waals surface area contributed by atoms with Crippen molar-refractivity contribution in [3.05, 3.63) is 65.7 Å². The van der Waals surface area contributed by atoms with Crippen molar-refractivity contribution in [2.24, 2.45) is 5.41 Å². The SMILES string of the molecule is CC(C)(CCn1nnc(-c2ccnc(-c3cn(Cc4ccccc4Cl)cn3)c2)n1)C(=O)O. The lowest BCUT2D eigenvalue weighted by molar-refractivity contribution is -0.147. The van der Waals surface area contributed by atoms with Crippen LogP contribution in [0.15, 0.2) is 55.1 Å². The van der Waals surface area contributed by atoms with E-state index in [0.29, 0.717) is 36.1 Å². The number of rotatable bonds is 8. The highest BCUT2D eigenvalue weighted by atomic mass is 35.5. The first-order valence-corrected chi connectivity index (χ1v) is 10.4. The number of pyridine rings is 1. The van der Waals surface area contributed by atoms with E-state index in [-0.39, 0.29) is 0 Å². The molecule has 0 aliphatic rings. The van der Waals surface area contributed by atoms with Crippen LogP contribution in [0.5, 0.6) is 0 Å². The van der Waals surface area contributed by atoms with Crippen LogP contribution in [0.1, 0.15) is 25.8 Å². The second-order valence-electron chi connectivity index (χ2n) is 8.10. The predicted molar refractivity (Wildman–Crippen MR) is 119 cm³/mol. The molecule has 0 saturated heterocycles. The second-order valence-corrected chi connectivity index (χ2v) is 8.51. The Morgan fingerprint density at radius 2 is 1.97 bits per heavy atom. The summed E-state index contributed by atoms with van der Waals surface area (Å²) in [7, 11) is 0. The van der Waals surface area contributed by atoms with Gasteiger partial charge in [0.05, 0.1) is 24.0 Å². The van der Waals surface area contributed by atoms with Crippen LogP contribution in [-0.2, 0) is 17.9 Å². The van der Waals surface area contributed by atoms with E-state index in [9.17, 15) is 9.90 Å². The van der Waals surface area contributed by atoms with Gasteiger partial charge in [0.1, 0.15) is 5.69 Å². The zero-order chi connectivity index (χ0) is 22.7. The lowest BCUT2D eigenvalue weighted by atomic mass is 9.90. The number of carboxylic acid groups (broad SMARTS) is 1. The van der Waals surface area contributed by atoms with Crippen molar-refractivity contribution in [1.29, 1.82) is 0 Å². The zero-order valence-corrected chi connectivity index (χ0v) is 18.4. The summed E-state index contributed by atoms with van der Waals surface area (Å²) in [6.45, 7) is 4.31. The number of benzene rings is 1. The van der Waals surface area contributed by atoms with E-state index >= 15 is 0 Å². The van der Waals surface area contributed by atoms with Crippen LogP contribution in [0.25, 0.3) is 22.8 Å². The fraction of sp³-hybridized carbons (Fsp3) is 0.273. The van der Waals surface area contributed by atoms with Crippen LogP contribution in [0.2, 0.25) is 5.02 Å². The minimum Gasteiger partial charge on any atom is -0.481 e. The number of imidazole rings is 1. The van der Waals surface area contributed by atoms with Crippen molar-refractivity contribution in [3.8, 4) is 22.8 Å². The molecule has 3 heterocycles. The van der Waals surface area contributed by atoms with E-state index in [1.807, 2.05) is 41.1 Å². The van der Waals surface area contributed by atoms with Crippen molar-refractivity contribution in [2.75, 3.05) is 0 Å². The average Bonchev–Trinajstić information content (AvgIpc) is 3.44. The van der Waals surface area contributed by atoms with Gasteiger partial charge >= 0.3 is 5.97 Å². The molecule has 0 atom stereocenters. The summed E-state index contributed by atoms with van der Waals surface area (Å²) in [6, 6.07) is 11.3. The predicted octanol–water partition coefficient (Wildman–Crippen LogP) is 3.80. The Kier molecular flexibility index (Phi) is 6.00. The van der Waals surface area contributed by atoms with Gasteiger partial charge in [-0.05, 0) is 49.2 Å². The van der Waals surface area contributed by atoms with E-state index in [2.05, 4.69) is 25.4 Å². The Morgan fingerprint density at radius 3 is 2.75 bits per heavy atom. The van der Waals surface area contributed by atoms with Crippen molar-refractivity contribution in [1.82, 2.24) is 34.7 Å². The molecule has 0 fully saturated rings. The Morgan fingerprint density at radius 1 is 1.16 bits per heavy atom. The van der Waals surface area contributed by atoms with Gasteiger partial charge in [0, 0.05) is 29.5 Å². The first kappa shape index (κ1) is 21.6. The third-order valence-corrected chi connectivity index (χ3v) is 5.56. The van der Waals surface area contributed by atoms with Gasteiger partial charge in [-0.25, -0.2) is 4.98 Å². The number of aryl methyl sites for hydroxylation is 1. The van der Waals surface area contributed by atoms with E-state index in [4.69, 9.17) is 11.6 Å². The lowest BCUT2D eigenvalue weighted by Crippen LogP contribution is -2.25. The van der Waals surface area contributed by atoms with Crippen LogP contribution in [0.3, 0.4) is 0 Å². The van der Waals surface area contributed by atoms with Gasteiger partial charge in [-0.2, -0.15) is 4.80 Å². The molecule has 0 bridgehead atoms. The van der Waals surface area contributed by atoms with Gasteiger partial charge in [-0.1, -0.05) is 29.8 Å². The van der Waals surface area contributed by atoms with Crippen molar-refractivity contribution >= 4 is 17.6 Å². The summed E-state index contributed by atoms with van der Waals surface area (Å²) in [4.78, 5) is 21.6. The fourth-order valence-electron chi connectivity index (χ4n) is 3.05. The Balaban J connectivity index is 1.49. The highest BCUT2D eigenvalue weighted by molar-refractivity contribution is 6.31. The molecule has 0 amide bonds. The Bertz CT molecular complexity index is 1250. The maximum Gasteiger partial charge on any atom is 0.309 e. The van der Waals surface area contributed by atoms with Gasteiger partial charge in [-0.3, -0.25) is 9.78 Å². The molecule has 1 N–H and O–H groups in total.